The number of aryl methyl sites for hydroxylation is 1. The van der Waals surface area contributed by atoms with Crippen molar-refractivity contribution in [1.29, 1.82) is 0 Å². The van der Waals surface area contributed by atoms with Crippen LogP contribution < -0.4 is 5.32 Å². The number of hydrogen-bond donors (Lipinski definition) is 1. The molecule has 0 saturated heterocycles. The van der Waals surface area contributed by atoms with E-state index >= 15 is 0 Å². The Kier molecular flexibility index (Phi) is 6.32. The molecule has 0 unspecified atom stereocenters. The maximum absolute atomic E-state index is 12.9. The van der Waals surface area contributed by atoms with Crippen LogP contribution in [0.5, 0.6) is 0 Å². The Bertz CT molecular complexity index is 921. The number of carbonyl (C=O) groups is 2. The van der Waals surface area contributed by atoms with Crippen LogP contribution in [-0.4, -0.2) is 22.3 Å². The Morgan fingerprint density at radius 2 is 1.86 bits per heavy atom. The van der Waals surface area contributed by atoms with E-state index in [1.165, 1.54) is 16.9 Å². The molecule has 1 N–H and O–H groups in total. The molecule has 3 rings (SSSR count). The minimum absolute atomic E-state index is 0.273. The molecule has 1 aliphatic carbocycles. The largest absolute Gasteiger partial charge is 0.459 e. The molecule has 0 bridgehead atoms. The Balaban J connectivity index is 1.95. The molecule has 0 radical (unpaired) electrons. The highest BCUT2D eigenvalue weighted by atomic mass is 35.5. The molecule has 0 spiro atoms. The lowest BCUT2D eigenvalue weighted by Crippen LogP contribution is -2.26. The number of benzene rings is 1. The maximum atomic E-state index is 12.9. The molecule has 1 aliphatic rings. The molecular formula is C22H25Cl2NO3S. The molecule has 1 amide bonds. The number of hydrogen-bond acceptors (Lipinski definition) is 4. The summed E-state index contributed by atoms with van der Waals surface area (Å²) >= 11 is 13.6. The summed E-state index contributed by atoms with van der Waals surface area (Å²) in [6.07, 6.45) is 2.18. The number of carbonyl (C=O) groups excluding carboxylic acids is 2. The topological polar surface area (TPSA) is 55.4 Å². The van der Waals surface area contributed by atoms with Gasteiger partial charge in [-0.05, 0) is 44.7 Å². The molecule has 1 aromatic heterocycles. The average molecular weight is 454 g/mol. The van der Waals surface area contributed by atoms with Gasteiger partial charge < -0.3 is 10.1 Å². The van der Waals surface area contributed by atoms with Gasteiger partial charge in [-0.25, -0.2) is 4.79 Å². The van der Waals surface area contributed by atoms with Crippen LogP contribution in [0.25, 0.3) is 11.1 Å². The summed E-state index contributed by atoms with van der Waals surface area (Å²) < 4.78 is 4.37. The Morgan fingerprint density at radius 1 is 1.24 bits per heavy atom. The molecular weight excluding hydrogens is 429 g/mol. The summed E-state index contributed by atoms with van der Waals surface area (Å²) in [7, 11) is 0. The lowest BCUT2D eigenvalue weighted by molar-refractivity contribution is -0.120. The number of halogens is 2. The van der Waals surface area contributed by atoms with Gasteiger partial charge in [0.05, 0.1) is 11.5 Å². The van der Waals surface area contributed by atoms with Crippen LogP contribution in [0.2, 0.25) is 0 Å². The first-order valence-electron chi connectivity index (χ1n) is 9.70. The molecule has 1 fully saturated rings. The minimum atomic E-state index is -1.08. The van der Waals surface area contributed by atoms with E-state index in [9.17, 15) is 9.59 Å². The Labute approximate surface area is 185 Å². The van der Waals surface area contributed by atoms with Crippen molar-refractivity contribution in [3.8, 4) is 11.1 Å². The summed E-state index contributed by atoms with van der Waals surface area (Å²) in [6, 6.07) is 8.12. The van der Waals surface area contributed by atoms with Gasteiger partial charge in [-0.15, -0.1) is 34.5 Å². The van der Waals surface area contributed by atoms with Gasteiger partial charge in [-0.1, -0.05) is 37.6 Å². The van der Waals surface area contributed by atoms with Crippen LogP contribution in [0, 0.1) is 5.41 Å². The minimum Gasteiger partial charge on any atom is -0.459 e. The highest BCUT2D eigenvalue weighted by Gasteiger charge is 2.68. The quantitative estimate of drug-likeness (QED) is 0.386. The van der Waals surface area contributed by atoms with Crippen molar-refractivity contribution >= 4 is 51.4 Å². The normalized spacial score (nSPS) is 19.8. The molecule has 1 atom stereocenters. The fraction of sp³-hybridized carbons (Fsp3) is 0.455. The molecule has 2 aromatic rings. The van der Waals surface area contributed by atoms with Crippen molar-refractivity contribution in [2.75, 3.05) is 5.32 Å². The molecule has 7 heteroatoms. The van der Waals surface area contributed by atoms with Gasteiger partial charge in [0.1, 0.15) is 14.9 Å². The van der Waals surface area contributed by atoms with E-state index in [1.807, 2.05) is 17.5 Å². The number of alkyl halides is 2. The average Bonchev–Trinajstić information content (AvgIpc) is 2.98. The number of nitrogens with one attached hydrogen (secondary N) is 1. The van der Waals surface area contributed by atoms with E-state index < -0.39 is 15.7 Å². The van der Waals surface area contributed by atoms with E-state index in [0.29, 0.717) is 17.0 Å². The third-order valence-corrected chi connectivity index (χ3v) is 7.12. The second-order valence-corrected chi connectivity index (χ2v) is 10.3. The summed E-state index contributed by atoms with van der Waals surface area (Å²) in [6.45, 7) is 7.44. The lowest BCUT2D eigenvalue weighted by atomic mass is 10.0. The van der Waals surface area contributed by atoms with Gasteiger partial charge in [0.2, 0.25) is 5.91 Å². The van der Waals surface area contributed by atoms with E-state index in [-0.39, 0.29) is 12.0 Å². The maximum Gasteiger partial charge on any atom is 0.342 e. The zero-order chi connectivity index (χ0) is 21.4. The van der Waals surface area contributed by atoms with Gasteiger partial charge in [0.15, 0.2) is 0 Å². The standard InChI is InChI=1S/C22H25Cl2NO3S/c1-5-6-14-7-9-15(10-8-14)16-11-29-18(17(16)19(26)28-13(2)3)25-20(27)21(4)12-22(21,23)24/h7-11,13H,5-6,12H2,1-4H3,(H,25,27)/t21-/m0/s1. The molecule has 4 nitrogen and oxygen atoms in total. The number of esters is 1. The zero-order valence-corrected chi connectivity index (χ0v) is 19.3. The summed E-state index contributed by atoms with van der Waals surface area (Å²) in [5.74, 6) is -0.763. The predicted octanol–water partition coefficient (Wildman–Crippen LogP) is 6.46. The first kappa shape index (κ1) is 22.1. The number of thiophene rings is 1. The molecule has 0 aliphatic heterocycles. The SMILES string of the molecule is CCCc1ccc(-c2csc(NC(=O)[C@]3(C)CC3(Cl)Cl)c2C(=O)OC(C)C)cc1. The molecule has 1 heterocycles. The molecule has 156 valence electrons. The Morgan fingerprint density at radius 3 is 2.38 bits per heavy atom. The van der Waals surface area contributed by atoms with Crippen LogP contribution >= 0.6 is 34.5 Å². The summed E-state index contributed by atoms with van der Waals surface area (Å²) in [5, 5.41) is 5.17. The molecule has 1 aromatic carbocycles. The van der Waals surface area contributed by atoms with Crippen LogP contribution in [0.1, 0.15) is 56.5 Å². The number of amides is 1. The van der Waals surface area contributed by atoms with Crippen molar-refractivity contribution in [3.63, 3.8) is 0 Å². The highest BCUT2D eigenvalue weighted by molar-refractivity contribution is 7.15. The number of rotatable bonds is 7. The predicted molar refractivity (Wildman–Crippen MR) is 120 cm³/mol. The number of anilines is 1. The Hall–Kier alpha value is -1.56. The van der Waals surface area contributed by atoms with Crippen molar-refractivity contribution in [3.05, 3.63) is 40.8 Å². The smallest absolute Gasteiger partial charge is 0.342 e. The zero-order valence-electron chi connectivity index (χ0n) is 17.0. The third kappa shape index (κ3) is 4.47. The van der Waals surface area contributed by atoms with Crippen molar-refractivity contribution < 1.29 is 14.3 Å². The molecule has 29 heavy (non-hydrogen) atoms. The summed E-state index contributed by atoms with van der Waals surface area (Å²) in [4.78, 5) is 25.6. The van der Waals surface area contributed by atoms with Gasteiger partial charge in [-0.3, -0.25) is 4.79 Å². The number of ether oxygens (including phenoxy) is 1. The third-order valence-electron chi connectivity index (χ3n) is 5.13. The second-order valence-electron chi connectivity index (χ2n) is 7.92. The van der Waals surface area contributed by atoms with E-state index in [0.717, 1.165) is 24.0 Å². The second kappa shape index (κ2) is 8.29. The van der Waals surface area contributed by atoms with Gasteiger partial charge in [-0.2, -0.15) is 0 Å². The van der Waals surface area contributed by atoms with Crippen molar-refractivity contribution in [2.45, 2.75) is 57.4 Å². The van der Waals surface area contributed by atoms with Crippen LogP contribution in [0.4, 0.5) is 5.00 Å². The monoisotopic (exact) mass is 453 g/mol. The molecule has 1 saturated carbocycles. The van der Waals surface area contributed by atoms with Crippen molar-refractivity contribution in [1.82, 2.24) is 0 Å². The highest BCUT2D eigenvalue weighted by Crippen LogP contribution is 2.64. The van der Waals surface area contributed by atoms with E-state index in [1.54, 1.807) is 20.8 Å². The van der Waals surface area contributed by atoms with Gasteiger partial charge >= 0.3 is 5.97 Å². The van der Waals surface area contributed by atoms with Crippen LogP contribution in [0.3, 0.4) is 0 Å². The van der Waals surface area contributed by atoms with E-state index in [2.05, 4.69) is 24.4 Å². The lowest BCUT2D eigenvalue weighted by Gasteiger charge is -2.14. The first-order chi connectivity index (χ1) is 13.6. The van der Waals surface area contributed by atoms with E-state index in [4.69, 9.17) is 27.9 Å². The first-order valence-corrected chi connectivity index (χ1v) is 11.3. The van der Waals surface area contributed by atoms with Crippen LogP contribution in [-0.2, 0) is 16.0 Å². The van der Waals surface area contributed by atoms with Crippen LogP contribution in [0.15, 0.2) is 29.6 Å². The fourth-order valence-corrected chi connectivity index (χ4v) is 4.82. The van der Waals surface area contributed by atoms with Crippen molar-refractivity contribution in [2.24, 2.45) is 5.41 Å². The van der Waals surface area contributed by atoms with Gasteiger partial charge in [0.25, 0.3) is 0 Å². The fourth-order valence-electron chi connectivity index (χ4n) is 3.16. The summed E-state index contributed by atoms with van der Waals surface area (Å²) in [5.41, 5.74) is 2.37. The van der Waals surface area contributed by atoms with Gasteiger partial charge in [0, 0.05) is 10.9 Å².